The number of nitrogens with one attached hydrogen (secondary N) is 1. The Balaban J connectivity index is 1.58. The van der Waals surface area contributed by atoms with Crippen molar-refractivity contribution in [3.8, 4) is 11.5 Å². The Morgan fingerprint density at radius 1 is 1.11 bits per heavy atom. The molecular formula is C21H19N3O2S. The molecule has 0 atom stereocenters. The number of hydrogen-bond donors (Lipinski definition) is 1. The Bertz CT molecular complexity index is 1140. The van der Waals surface area contributed by atoms with Crippen LogP contribution in [-0.4, -0.2) is 9.38 Å². The van der Waals surface area contributed by atoms with Gasteiger partial charge in [0.15, 0.2) is 10.7 Å². The van der Waals surface area contributed by atoms with Gasteiger partial charge in [0.1, 0.15) is 5.75 Å². The second-order valence-corrected chi connectivity index (χ2v) is 7.19. The van der Waals surface area contributed by atoms with Gasteiger partial charge in [0.05, 0.1) is 17.9 Å². The lowest BCUT2D eigenvalue weighted by Gasteiger charge is -2.15. The second kappa shape index (κ2) is 7.25. The molecule has 4 rings (SSSR count). The number of anilines is 1. The van der Waals surface area contributed by atoms with Gasteiger partial charge in [-0.25, -0.2) is 4.98 Å². The topological polar surface area (TPSA) is 55.6 Å². The molecule has 1 N–H and O–H groups in total. The van der Waals surface area contributed by atoms with E-state index in [1.54, 1.807) is 16.7 Å². The van der Waals surface area contributed by atoms with Gasteiger partial charge in [-0.05, 0) is 37.1 Å². The van der Waals surface area contributed by atoms with E-state index in [-0.39, 0.29) is 5.56 Å². The van der Waals surface area contributed by atoms with Crippen LogP contribution < -0.4 is 15.6 Å². The van der Waals surface area contributed by atoms with Gasteiger partial charge in [-0.15, -0.1) is 11.3 Å². The number of thiazole rings is 1. The maximum absolute atomic E-state index is 12.1. The lowest BCUT2D eigenvalue weighted by atomic mass is 10.1. The molecule has 0 amide bonds. The highest BCUT2D eigenvalue weighted by Gasteiger charge is 2.10. The maximum Gasteiger partial charge on any atom is 0.258 e. The summed E-state index contributed by atoms with van der Waals surface area (Å²) in [4.78, 5) is 17.4. The van der Waals surface area contributed by atoms with E-state index >= 15 is 0 Å². The van der Waals surface area contributed by atoms with Gasteiger partial charge < -0.3 is 10.1 Å². The van der Waals surface area contributed by atoms with Crippen molar-refractivity contribution in [1.82, 2.24) is 9.38 Å². The maximum atomic E-state index is 12.1. The zero-order chi connectivity index (χ0) is 18.8. The Kier molecular flexibility index (Phi) is 4.64. The number of ether oxygens (including phenoxy) is 1. The van der Waals surface area contributed by atoms with E-state index in [1.807, 2.05) is 61.7 Å². The summed E-state index contributed by atoms with van der Waals surface area (Å²) in [6.07, 6.45) is 1.74. The number of rotatable bonds is 5. The summed E-state index contributed by atoms with van der Waals surface area (Å²) < 4.78 is 7.74. The third-order valence-electron chi connectivity index (χ3n) is 4.32. The van der Waals surface area contributed by atoms with Gasteiger partial charge in [0.25, 0.3) is 5.56 Å². The monoisotopic (exact) mass is 377 g/mol. The summed E-state index contributed by atoms with van der Waals surface area (Å²) in [6.45, 7) is 4.51. The largest absolute Gasteiger partial charge is 0.455 e. The second-order valence-electron chi connectivity index (χ2n) is 6.31. The smallest absolute Gasteiger partial charge is 0.258 e. The summed E-state index contributed by atoms with van der Waals surface area (Å²) in [6, 6.07) is 15.4. The lowest BCUT2D eigenvalue weighted by molar-refractivity contribution is 0.476. The molecule has 0 aliphatic rings. The molecule has 0 spiro atoms. The minimum absolute atomic E-state index is 0.0712. The number of benzene rings is 2. The molecule has 6 heteroatoms. The molecule has 4 aromatic rings. The Labute approximate surface area is 160 Å². The number of aryl methyl sites for hydroxylation is 2. The van der Waals surface area contributed by atoms with Gasteiger partial charge >= 0.3 is 0 Å². The fourth-order valence-corrected chi connectivity index (χ4v) is 3.67. The Hall–Kier alpha value is -3.12. The van der Waals surface area contributed by atoms with Crippen LogP contribution in [0.4, 0.5) is 5.69 Å². The molecular weight excluding hydrogens is 358 g/mol. The van der Waals surface area contributed by atoms with Crippen LogP contribution in [0.3, 0.4) is 0 Å². The molecule has 2 aromatic carbocycles. The lowest BCUT2D eigenvalue weighted by Crippen LogP contribution is -2.14. The van der Waals surface area contributed by atoms with Gasteiger partial charge in [-0.2, -0.15) is 0 Å². The molecule has 2 heterocycles. The minimum atomic E-state index is -0.0712. The summed E-state index contributed by atoms with van der Waals surface area (Å²) >= 11 is 1.44. The number of aromatic nitrogens is 2. The van der Waals surface area contributed by atoms with E-state index in [0.717, 1.165) is 28.3 Å². The first-order chi connectivity index (χ1) is 13.1. The highest BCUT2D eigenvalue weighted by atomic mass is 32.1. The number of fused-ring (bicyclic) bond motifs is 1. The third-order valence-corrected chi connectivity index (χ3v) is 5.08. The molecule has 136 valence electrons. The zero-order valence-electron chi connectivity index (χ0n) is 15.1. The van der Waals surface area contributed by atoms with Crippen LogP contribution in [0.5, 0.6) is 11.5 Å². The van der Waals surface area contributed by atoms with E-state index < -0.39 is 0 Å². The van der Waals surface area contributed by atoms with Crippen LogP contribution in [0.1, 0.15) is 16.8 Å². The predicted molar refractivity (Wildman–Crippen MR) is 109 cm³/mol. The molecule has 0 saturated carbocycles. The highest BCUT2D eigenvalue weighted by molar-refractivity contribution is 7.15. The van der Waals surface area contributed by atoms with Crippen LogP contribution in [0, 0.1) is 13.8 Å². The highest BCUT2D eigenvalue weighted by Crippen LogP contribution is 2.33. The van der Waals surface area contributed by atoms with Crippen LogP contribution >= 0.6 is 11.3 Å². The van der Waals surface area contributed by atoms with Crippen LogP contribution in [0.2, 0.25) is 0 Å². The van der Waals surface area contributed by atoms with Crippen LogP contribution in [0.25, 0.3) is 4.96 Å². The zero-order valence-corrected chi connectivity index (χ0v) is 15.9. The van der Waals surface area contributed by atoms with Crippen molar-refractivity contribution in [1.29, 1.82) is 0 Å². The van der Waals surface area contributed by atoms with Crippen molar-refractivity contribution in [2.45, 2.75) is 20.4 Å². The van der Waals surface area contributed by atoms with Gasteiger partial charge in [-0.1, -0.05) is 30.3 Å². The molecule has 0 aliphatic heterocycles. The van der Waals surface area contributed by atoms with E-state index in [2.05, 4.69) is 10.3 Å². The predicted octanol–water partition coefficient (Wildman–Crippen LogP) is 4.78. The number of hydrogen-bond acceptors (Lipinski definition) is 5. The van der Waals surface area contributed by atoms with E-state index in [4.69, 9.17) is 4.74 Å². The summed E-state index contributed by atoms with van der Waals surface area (Å²) in [5.74, 6) is 1.60. The van der Waals surface area contributed by atoms with Gasteiger partial charge in [0, 0.05) is 17.6 Å². The van der Waals surface area contributed by atoms with Crippen molar-refractivity contribution in [2.24, 2.45) is 0 Å². The normalized spacial score (nSPS) is 10.9. The fraction of sp³-hybridized carbons (Fsp3) is 0.143. The van der Waals surface area contributed by atoms with Crippen molar-refractivity contribution in [3.63, 3.8) is 0 Å². The fourth-order valence-electron chi connectivity index (χ4n) is 2.94. The SMILES string of the molecule is Cc1cccc(C)c1Oc1ccccc1NCc1cc(=O)n2ccsc2n1. The van der Waals surface area contributed by atoms with Crippen molar-refractivity contribution in [3.05, 3.63) is 87.3 Å². The molecule has 0 bridgehead atoms. The van der Waals surface area contributed by atoms with Crippen molar-refractivity contribution >= 4 is 22.0 Å². The first-order valence-electron chi connectivity index (χ1n) is 8.64. The minimum Gasteiger partial charge on any atom is -0.455 e. The molecule has 5 nitrogen and oxygen atoms in total. The molecule has 0 aliphatic carbocycles. The third kappa shape index (κ3) is 3.57. The summed E-state index contributed by atoms with van der Waals surface area (Å²) in [5.41, 5.74) is 3.65. The number of nitrogens with zero attached hydrogens (tertiary/aromatic N) is 2. The summed E-state index contributed by atoms with van der Waals surface area (Å²) in [7, 11) is 0. The first-order valence-corrected chi connectivity index (χ1v) is 9.52. The Morgan fingerprint density at radius 2 is 1.89 bits per heavy atom. The molecule has 0 fully saturated rings. The quantitative estimate of drug-likeness (QED) is 0.544. The van der Waals surface area contributed by atoms with Crippen LogP contribution in [-0.2, 0) is 6.54 Å². The Morgan fingerprint density at radius 3 is 2.70 bits per heavy atom. The van der Waals surface area contributed by atoms with E-state index in [0.29, 0.717) is 17.2 Å². The molecule has 2 aromatic heterocycles. The molecule has 27 heavy (non-hydrogen) atoms. The molecule has 0 radical (unpaired) electrons. The van der Waals surface area contributed by atoms with Crippen molar-refractivity contribution in [2.75, 3.05) is 5.32 Å². The van der Waals surface area contributed by atoms with E-state index in [9.17, 15) is 4.79 Å². The van der Waals surface area contributed by atoms with Gasteiger partial charge in [-0.3, -0.25) is 9.20 Å². The summed E-state index contributed by atoms with van der Waals surface area (Å²) in [5, 5.41) is 5.20. The number of para-hydroxylation sites is 3. The first kappa shape index (κ1) is 17.3. The standard InChI is InChI=1S/C21H19N3O2S/c1-14-6-5-7-15(2)20(14)26-18-9-4-3-8-17(18)22-13-16-12-19(25)24-10-11-27-21(24)23-16/h3-12,22H,13H2,1-2H3. The molecule has 0 unspecified atom stereocenters. The van der Waals surface area contributed by atoms with Gasteiger partial charge in [0.2, 0.25) is 0 Å². The van der Waals surface area contributed by atoms with E-state index in [1.165, 1.54) is 11.3 Å². The van der Waals surface area contributed by atoms with Crippen LogP contribution in [0.15, 0.2) is 64.9 Å². The average molecular weight is 377 g/mol. The average Bonchev–Trinajstić information content (AvgIpc) is 3.13. The van der Waals surface area contributed by atoms with Crippen molar-refractivity contribution < 1.29 is 4.74 Å². The molecule has 0 saturated heterocycles.